The van der Waals surface area contributed by atoms with E-state index >= 15 is 0 Å². The van der Waals surface area contributed by atoms with Gasteiger partial charge in [0.2, 0.25) is 10.0 Å². The Hall–Kier alpha value is -2.49. The first-order chi connectivity index (χ1) is 17.3. The Morgan fingerprint density at radius 3 is 2.28 bits per heavy atom. The lowest BCUT2D eigenvalue weighted by Gasteiger charge is -2.34. The SMILES string of the molecule is COc1ccc(CN(C)S(=O)(=O)CC(CCCOCc2ccccc2)(NCl)c2ccccc2F)cc1. The molecule has 0 aliphatic rings. The summed E-state index contributed by atoms with van der Waals surface area (Å²) >= 11 is 6.19. The highest BCUT2D eigenvalue weighted by Crippen LogP contribution is 2.32. The third kappa shape index (κ3) is 7.51. The van der Waals surface area contributed by atoms with E-state index in [1.807, 2.05) is 30.3 Å². The molecule has 1 unspecified atom stereocenters. The second kappa shape index (κ2) is 13.2. The number of halogens is 2. The molecule has 1 atom stereocenters. The Balaban J connectivity index is 1.74. The van der Waals surface area contributed by atoms with Gasteiger partial charge in [-0.05, 0) is 53.9 Å². The molecule has 0 saturated carbocycles. The van der Waals surface area contributed by atoms with Crippen molar-refractivity contribution in [2.24, 2.45) is 0 Å². The number of nitrogens with zero attached hydrogens (tertiary/aromatic N) is 1. The Morgan fingerprint density at radius 2 is 1.64 bits per heavy atom. The Morgan fingerprint density at radius 1 is 0.972 bits per heavy atom. The summed E-state index contributed by atoms with van der Waals surface area (Å²) in [5.41, 5.74) is 0.683. The van der Waals surface area contributed by atoms with E-state index in [0.29, 0.717) is 25.4 Å². The summed E-state index contributed by atoms with van der Waals surface area (Å²) in [6.07, 6.45) is 0.723. The van der Waals surface area contributed by atoms with Gasteiger partial charge in [-0.15, -0.1) is 0 Å². The highest BCUT2D eigenvalue weighted by atomic mass is 35.5. The number of ether oxygens (including phenoxy) is 2. The molecule has 3 aromatic carbocycles. The van der Waals surface area contributed by atoms with Crippen molar-refractivity contribution >= 4 is 21.8 Å². The number of sulfonamides is 1. The van der Waals surface area contributed by atoms with Crippen LogP contribution in [0.25, 0.3) is 0 Å². The van der Waals surface area contributed by atoms with E-state index in [1.165, 1.54) is 17.4 Å². The van der Waals surface area contributed by atoms with Crippen molar-refractivity contribution in [3.63, 3.8) is 0 Å². The molecule has 194 valence electrons. The Bertz CT molecular complexity index is 1200. The summed E-state index contributed by atoms with van der Waals surface area (Å²) < 4.78 is 54.0. The maximum atomic E-state index is 14.9. The van der Waals surface area contributed by atoms with Gasteiger partial charge in [0, 0.05) is 25.8 Å². The molecule has 0 saturated heterocycles. The van der Waals surface area contributed by atoms with Gasteiger partial charge in [0.05, 0.1) is 25.0 Å². The number of hydrogen-bond acceptors (Lipinski definition) is 5. The lowest BCUT2D eigenvalue weighted by molar-refractivity contribution is 0.111. The number of nitrogens with one attached hydrogen (secondary N) is 1. The quantitative estimate of drug-likeness (QED) is 0.226. The Kier molecular flexibility index (Phi) is 10.3. The fourth-order valence-corrected chi connectivity index (χ4v) is 5.91. The highest BCUT2D eigenvalue weighted by Gasteiger charge is 2.40. The van der Waals surface area contributed by atoms with E-state index in [4.69, 9.17) is 21.3 Å². The van der Waals surface area contributed by atoms with Crippen LogP contribution in [0.4, 0.5) is 4.39 Å². The molecule has 0 heterocycles. The van der Waals surface area contributed by atoms with Gasteiger partial charge in [-0.3, -0.25) is 0 Å². The lowest BCUT2D eigenvalue weighted by Crippen LogP contribution is -2.47. The van der Waals surface area contributed by atoms with Crippen LogP contribution >= 0.6 is 11.8 Å². The molecule has 6 nitrogen and oxygen atoms in total. The molecule has 0 spiro atoms. The number of rotatable bonds is 14. The van der Waals surface area contributed by atoms with Crippen LogP contribution in [0.5, 0.6) is 5.75 Å². The average molecular weight is 535 g/mol. The molecule has 3 aromatic rings. The largest absolute Gasteiger partial charge is 0.497 e. The van der Waals surface area contributed by atoms with E-state index in [-0.39, 0.29) is 18.5 Å². The molecule has 36 heavy (non-hydrogen) atoms. The predicted molar refractivity (Wildman–Crippen MR) is 141 cm³/mol. The van der Waals surface area contributed by atoms with Crippen LogP contribution in [-0.4, -0.2) is 39.2 Å². The van der Waals surface area contributed by atoms with Gasteiger partial charge in [-0.2, -0.15) is 0 Å². The molecule has 1 N–H and O–H groups in total. The van der Waals surface area contributed by atoms with Gasteiger partial charge >= 0.3 is 0 Å². The van der Waals surface area contributed by atoms with Crippen molar-refractivity contribution in [2.45, 2.75) is 31.5 Å². The van der Waals surface area contributed by atoms with Crippen LogP contribution < -0.4 is 9.57 Å². The van der Waals surface area contributed by atoms with Gasteiger partial charge in [0.25, 0.3) is 0 Å². The monoisotopic (exact) mass is 534 g/mol. The second-order valence-electron chi connectivity index (χ2n) is 8.66. The molecule has 0 aliphatic carbocycles. The number of benzene rings is 3. The maximum Gasteiger partial charge on any atom is 0.216 e. The predicted octanol–water partition coefficient (Wildman–Crippen LogP) is 5.23. The molecule has 0 aliphatic heterocycles. The van der Waals surface area contributed by atoms with Crippen LogP contribution in [0.2, 0.25) is 0 Å². The van der Waals surface area contributed by atoms with E-state index in [9.17, 15) is 12.8 Å². The first kappa shape index (κ1) is 28.1. The van der Waals surface area contributed by atoms with Crippen LogP contribution in [0, 0.1) is 5.82 Å². The van der Waals surface area contributed by atoms with Crippen molar-refractivity contribution in [2.75, 3.05) is 26.5 Å². The molecule has 0 fully saturated rings. The zero-order chi connectivity index (χ0) is 26.0. The zero-order valence-corrected chi connectivity index (χ0v) is 22.1. The minimum atomic E-state index is -3.85. The standard InChI is InChI=1S/C27H32ClFN2O4S/c1-31(19-22-13-15-24(34-2)16-14-22)36(32,33)21-27(30-28,25-11-6-7-12-26(25)29)17-8-18-35-20-23-9-4-3-5-10-23/h3-7,9-16,30H,8,17-21H2,1-2H3. The molecule has 0 radical (unpaired) electrons. The number of methoxy groups -OCH3 is 1. The minimum absolute atomic E-state index is 0.155. The van der Waals surface area contributed by atoms with E-state index in [1.54, 1.807) is 49.6 Å². The third-order valence-electron chi connectivity index (χ3n) is 6.04. The van der Waals surface area contributed by atoms with Crippen molar-refractivity contribution in [1.82, 2.24) is 9.14 Å². The van der Waals surface area contributed by atoms with Crippen molar-refractivity contribution in [1.29, 1.82) is 0 Å². The first-order valence-corrected chi connectivity index (χ1v) is 13.6. The van der Waals surface area contributed by atoms with Crippen molar-refractivity contribution < 1.29 is 22.3 Å². The molecule has 0 aromatic heterocycles. The van der Waals surface area contributed by atoms with Crippen LogP contribution in [0.1, 0.15) is 29.5 Å². The molecule has 3 rings (SSSR count). The normalized spacial score (nSPS) is 13.5. The van der Waals surface area contributed by atoms with Crippen LogP contribution in [0.3, 0.4) is 0 Å². The highest BCUT2D eigenvalue weighted by molar-refractivity contribution is 7.89. The third-order valence-corrected chi connectivity index (χ3v) is 8.34. The smallest absolute Gasteiger partial charge is 0.216 e. The van der Waals surface area contributed by atoms with Gasteiger partial charge in [0.15, 0.2) is 0 Å². The minimum Gasteiger partial charge on any atom is -0.497 e. The van der Waals surface area contributed by atoms with Gasteiger partial charge in [0.1, 0.15) is 11.6 Å². The van der Waals surface area contributed by atoms with Crippen LogP contribution in [-0.2, 0) is 33.5 Å². The summed E-state index contributed by atoms with van der Waals surface area (Å²) in [7, 11) is -0.775. The van der Waals surface area contributed by atoms with Crippen molar-refractivity contribution in [3.8, 4) is 5.75 Å². The molecule has 0 bridgehead atoms. The van der Waals surface area contributed by atoms with E-state index in [0.717, 1.165) is 11.1 Å². The van der Waals surface area contributed by atoms with Gasteiger partial charge in [-0.25, -0.2) is 21.9 Å². The fourth-order valence-electron chi connectivity index (χ4n) is 4.01. The summed E-state index contributed by atoms with van der Waals surface area (Å²) in [6, 6.07) is 23.0. The second-order valence-corrected chi connectivity index (χ2v) is 10.9. The summed E-state index contributed by atoms with van der Waals surface area (Å²) in [5, 5.41) is 0. The Labute approximate surface area is 218 Å². The van der Waals surface area contributed by atoms with Crippen molar-refractivity contribution in [3.05, 3.63) is 101 Å². The molecular weight excluding hydrogens is 503 g/mol. The first-order valence-electron chi connectivity index (χ1n) is 11.6. The van der Waals surface area contributed by atoms with E-state index < -0.39 is 27.1 Å². The summed E-state index contributed by atoms with van der Waals surface area (Å²) in [4.78, 5) is 2.63. The summed E-state index contributed by atoms with van der Waals surface area (Å²) in [6.45, 7) is 0.957. The van der Waals surface area contributed by atoms with Crippen LogP contribution in [0.15, 0.2) is 78.9 Å². The average Bonchev–Trinajstić information content (AvgIpc) is 2.89. The number of hydrogen-bond donors (Lipinski definition) is 1. The fraction of sp³-hybridized carbons (Fsp3) is 0.333. The topological polar surface area (TPSA) is 67.9 Å². The summed E-state index contributed by atoms with van der Waals surface area (Å²) in [5.74, 6) is -0.261. The molecule has 0 amide bonds. The van der Waals surface area contributed by atoms with Gasteiger partial charge in [-0.1, -0.05) is 60.7 Å². The van der Waals surface area contributed by atoms with Gasteiger partial charge < -0.3 is 9.47 Å². The lowest BCUT2D eigenvalue weighted by atomic mass is 9.88. The molecule has 9 heteroatoms. The van der Waals surface area contributed by atoms with E-state index in [2.05, 4.69) is 4.84 Å². The molecular formula is C27H32ClFN2O4S. The zero-order valence-electron chi connectivity index (χ0n) is 20.5. The maximum absolute atomic E-state index is 14.9.